The lowest BCUT2D eigenvalue weighted by Crippen LogP contribution is -2.43. The summed E-state index contributed by atoms with van der Waals surface area (Å²) in [6.07, 6.45) is 1.21. The normalized spacial score (nSPS) is 16.8. The summed E-state index contributed by atoms with van der Waals surface area (Å²) in [7, 11) is 0. The molecule has 5 nitrogen and oxygen atoms in total. The van der Waals surface area contributed by atoms with E-state index in [-0.39, 0.29) is 12.2 Å². The first kappa shape index (κ1) is 19.8. The summed E-state index contributed by atoms with van der Waals surface area (Å²) in [6, 6.07) is 4.55. The van der Waals surface area contributed by atoms with Crippen molar-refractivity contribution < 1.29 is 27.2 Å². The van der Waals surface area contributed by atoms with Crippen LogP contribution in [0.15, 0.2) is 36.5 Å². The van der Waals surface area contributed by atoms with Gasteiger partial charge in [-0.2, -0.15) is 8.78 Å². The molecule has 0 aliphatic carbocycles. The molecule has 0 atom stereocenters. The highest BCUT2D eigenvalue weighted by Gasteiger charge is 2.51. The third kappa shape index (κ3) is 3.32. The largest absolute Gasteiger partial charge is 0.332 e. The molecule has 1 aliphatic heterocycles. The number of anilines is 1. The number of rotatable bonds is 4. The van der Waals surface area contributed by atoms with Gasteiger partial charge in [0, 0.05) is 19.2 Å². The van der Waals surface area contributed by atoms with Crippen LogP contribution in [0.3, 0.4) is 0 Å². The Balaban J connectivity index is 1.90. The van der Waals surface area contributed by atoms with Gasteiger partial charge in [0.2, 0.25) is 0 Å². The van der Waals surface area contributed by atoms with Crippen molar-refractivity contribution >= 4 is 17.6 Å². The second kappa shape index (κ2) is 6.57. The van der Waals surface area contributed by atoms with Crippen molar-refractivity contribution in [2.24, 2.45) is 0 Å². The maximum Gasteiger partial charge on any atom is 0.332 e. The maximum absolute atomic E-state index is 13.6. The molecule has 28 heavy (non-hydrogen) atoms. The number of alkyl halides is 2. The quantitative estimate of drug-likeness (QED) is 0.575. The lowest BCUT2D eigenvalue weighted by Gasteiger charge is -2.27. The molecule has 1 aromatic carbocycles. The van der Waals surface area contributed by atoms with E-state index in [9.17, 15) is 27.2 Å². The number of benzene rings is 1. The average molecular weight is 395 g/mol. The topological polar surface area (TPSA) is 53.5 Å². The SMILES string of the molecule is CC(F)(F)c1ccc(CN2C(=O)N(c3ccc(F)c(F)c3)C(=O)C2(C)C)cn1. The molecular formula is C19H17F4N3O2. The molecule has 0 radical (unpaired) electrons. The van der Waals surface area contributed by atoms with E-state index in [4.69, 9.17) is 0 Å². The predicted octanol–water partition coefficient (Wildman–Crippen LogP) is 4.22. The molecule has 0 saturated carbocycles. The molecular weight excluding hydrogens is 378 g/mol. The highest BCUT2D eigenvalue weighted by atomic mass is 19.3. The second-order valence-electron chi connectivity index (χ2n) is 7.11. The van der Waals surface area contributed by atoms with E-state index >= 15 is 0 Å². The Labute approximate surface area is 158 Å². The van der Waals surface area contributed by atoms with Gasteiger partial charge in [0.05, 0.1) is 12.2 Å². The standard InChI is InChI=1S/C19H17F4N3O2/c1-18(2)16(27)26(12-5-6-13(20)14(21)8-12)17(28)25(18)10-11-4-7-15(24-9-11)19(3,22)23/h4-9H,10H2,1-3H3. The van der Waals surface area contributed by atoms with Crippen molar-refractivity contribution in [1.82, 2.24) is 9.88 Å². The van der Waals surface area contributed by atoms with Crippen LogP contribution in [0.25, 0.3) is 0 Å². The van der Waals surface area contributed by atoms with Crippen molar-refractivity contribution in [1.29, 1.82) is 0 Å². The number of aromatic nitrogens is 1. The summed E-state index contributed by atoms with van der Waals surface area (Å²) in [4.78, 5) is 31.3. The summed E-state index contributed by atoms with van der Waals surface area (Å²) < 4.78 is 53.3. The van der Waals surface area contributed by atoms with Gasteiger partial charge in [-0.15, -0.1) is 0 Å². The van der Waals surface area contributed by atoms with Crippen LogP contribution in [0.4, 0.5) is 28.0 Å². The Morgan fingerprint density at radius 1 is 1.07 bits per heavy atom. The maximum atomic E-state index is 13.6. The molecule has 0 unspecified atom stereocenters. The summed E-state index contributed by atoms with van der Waals surface area (Å²) in [6.45, 7) is 3.67. The van der Waals surface area contributed by atoms with Crippen LogP contribution in [-0.2, 0) is 17.3 Å². The van der Waals surface area contributed by atoms with E-state index < -0.39 is 40.7 Å². The average Bonchev–Trinajstić information content (AvgIpc) is 2.77. The number of amides is 3. The van der Waals surface area contributed by atoms with Crippen molar-refractivity contribution in [3.8, 4) is 0 Å². The first-order valence-corrected chi connectivity index (χ1v) is 8.37. The van der Waals surface area contributed by atoms with Gasteiger partial charge in [0.1, 0.15) is 11.2 Å². The number of hydrogen-bond donors (Lipinski definition) is 0. The molecule has 0 N–H and O–H groups in total. The third-order valence-electron chi connectivity index (χ3n) is 4.60. The smallest absolute Gasteiger partial charge is 0.305 e. The lowest BCUT2D eigenvalue weighted by atomic mass is 10.0. The van der Waals surface area contributed by atoms with Crippen LogP contribution < -0.4 is 4.90 Å². The number of carbonyl (C=O) groups excluding carboxylic acids is 2. The number of urea groups is 1. The molecule has 1 aromatic heterocycles. The van der Waals surface area contributed by atoms with Crippen molar-refractivity contribution in [2.75, 3.05) is 4.90 Å². The Morgan fingerprint density at radius 2 is 1.75 bits per heavy atom. The molecule has 2 aromatic rings. The van der Waals surface area contributed by atoms with Crippen LogP contribution in [0.1, 0.15) is 32.0 Å². The Morgan fingerprint density at radius 3 is 2.29 bits per heavy atom. The Bertz CT molecular complexity index is 939. The van der Waals surface area contributed by atoms with Crippen LogP contribution in [0.2, 0.25) is 0 Å². The van der Waals surface area contributed by atoms with Crippen LogP contribution >= 0.6 is 0 Å². The predicted molar refractivity (Wildman–Crippen MR) is 92.7 cm³/mol. The Kier molecular flexibility index (Phi) is 4.64. The van der Waals surface area contributed by atoms with Gasteiger partial charge < -0.3 is 4.90 Å². The molecule has 3 rings (SSSR count). The number of nitrogens with zero attached hydrogens (tertiary/aromatic N) is 3. The molecule has 0 spiro atoms. The zero-order valence-corrected chi connectivity index (χ0v) is 15.3. The van der Waals surface area contributed by atoms with E-state index in [1.807, 2.05) is 0 Å². The molecule has 9 heteroatoms. The molecule has 0 bridgehead atoms. The molecule has 1 fully saturated rings. The number of hydrogen-bond acceptors (Lipinski definition) is 3. The number of pyridine rings is 1. The molecule has 148 valence electrons. The summed E-state index contributed by atoms with van der Waals surface area (Å²) in [5.74, 6) is -6.00. The van der Waals surface area contributed by atoms with E-state index in [2.05, 4.69) is 4.98 Å². The monoisotopic (exact) mass is 395 g/mol. The summed E-state index contributed by atoms with van der Waals surface area (Å²) in [5.41, 5.74) is -1.35. The van der Waals surface area contributed by atoms with E-state index in [1.54, 1.807) is 0 Å². The first-order valence-electron chi connectivity index (χ1n) is 8.37. The van der Waals surface area contributed by atoms with Crippen LogP contribution in [0, 0.1) is 11.6 Å². The van der Waals surface area contributed by atoms with Crippen molar-refractivity contribution in [3.63, 3.8) is 0 Å². The van der Waals surface area contributed by atoms with E-state index in [0.29, 0.717) is 5.56 Å². The fourth-order valence-corrected chi connectivity index (χ4v) is 2.91. The number of imide groups is 1. The number of halogens is 4. The van der Waals surface area contributed by atoms with Gasteiger partial charge in [-0.3, -0.25) is 9.78 Å². The van der Waals surface area contributed by atoms with Gasteiger partial charge in [-0.1, -0.05) is 6.07 Å². The number of carbonyl (C=O) groups is 2. The highest BCUT2D eigenvalue weighted by Crippen LogP contribution is 2.34. The first-order chi connectivity index (χ1) is 12.9. The summed E-state index contributed by atoms with van der Waals surface area (Å²) in [5, 5.41) is 0. The van der Waals surface area contributed by atoms with Gasteiger partial charge in [-0.25, -0.2) is 18.5 Å². The second-order valence-corrected chi connectivity index (χ2v) is 7.11. The minimum atomic E-state index is -3.10. The van der Waals surface area contributed by atoms with Crippen LogP contribution in [0.5, 0.6) is 0 Å². The molecule has 1 saturated heterocycles. The Hall–Kier alpha value is -2.97. The van der Waals surface area contributed by atoms with Crippen LogP contribution in [-0.4, -0.2) is 27.4 Å². The minimum Gasteiger partial charge on any atom is -0.305 e. The van der Waals surface area contributed by atoms with Gasteiger partial charge in [-0.05, 0) is 37.6 Å². The lowest BCUT2D eigenvalue weighted by molar-refractivity contribution is -0.123. The highest BCUT2D eigenvalue weighted by molar-refractivity contribution is 6.22. The van der Waals surface area contributed by atoms with Gasteiger partial charge >= 0.3 is 6.03 Å². The van der Waals surface area contributed by atoms with E-state index in [0.717, 1.165) is 36.1 Å². The molecule has 3 amide bonds. The van der Waals surface area contributed by atoms with Crippen molar-refractivity contribution in [2.45, 2.75) is 38.8 Å². The van der Waals surface area contributed by atoms with E-state index in [1.165, 1.54) is 31.0 Å². The fraction of sp³-hybridized carbons (Fsp3) is 0.316. The minimum absolute atomic E-state index is 0.0691. The zero-order valence-electron chi connectivity index (χ0n) is 15.3. The van der Waals surface area contributed by atoms with Gasteiger partial charge in [0.25, 0.3) is 11.8 Å². The van der Waals surface area contributed by atoms with Crippen molar-refractivity contribution in [3.05, 3.63) is 59.4 Å². The fourth-order valence-electron chi connectivity index (χ4n) is 2.91. The zero-order chi connectivity index (χ0) is 20.9. The van der Waals surface area contributed by atoms with Gasteiger partial charge in [0.15, 0.2) is 11.6 Å². The third-order valence-corrected chi connectivity index (χ3v) is 4.60. The molecule has 2 heterocycles. The summed E-state index contributed by atoms with van der Waals surface area (Å²) >= 11 is 0. The molecule has 1 aliphatic rings.